The Morgan fingerprint density at radius 1 is 1.05 bits per heavy atom. The molecule has 2 rings (SSSR count). The molecule has 0 spiro atoms. The maximum absolute atomic E-state index is 6.23. The number of halogens is 2. The maximum Gasteiger partial charge on any atom is 0.0499 e. The number of rotatable bonds is 5. The lowest BCUT2D eigenvalue weighted by Gasteiger charge is -2.12. The maximum atomic E-state index is 6.23. The van der Waals surface area contributed by atoms with Crippen LogP contribution < -0.4 is 5.32 Å². The van der Waals surface area contributed by atoms with Crippen LogP contribution in [0.4, 0.5) is 0 Å². The first-order chi connectivity index (χ1) is 9.60. The van der Waals surface area contributed by atoms with E-state index in [-0.39, 0.29) is 0 Å². The molecule has 1 atom stereocenters. The van der Waals surface area contributed by atoms with E-state index < -0.39 is 0 Å². The average Bonchev–Trinajstić information content (AvgIpc) is 2.40. The molecule has 0 aliphatic heterocycles. The molecule has 0 saturated carbocycles. The summed E-state index contributed by atoms with van der Waals surface area (Å²) in [7, 11) is 0. The van der Waals surface area contributed by atoms with Gasteiger partial charge in [0.1, 0.15) is 0 Å². The van der Waals surface area contributed by atoms with Gasteiger partial charge in [0.05, 0.1) is 0 Å². The predicted octanol–water partition coefficient (Wildman–Crippen LogP) is 5.20. The first kappa shape index (κ1) is 15.4. The van der Waals surface area contributed by atoms with Gasteiger partial charge in [0.2, 0.25) is 0 Å². The van der Waals surface area contributed by atoms with Gasteiger partial charge < -0.3 is 5.32 Å². The number of nitrogens with one attached hydrogen (secondary N) is 1. The van der Waals surface area contributed by atoms with Gasteiger partial charge in [-0.15, -0.1) is 0 Å². The number of likely N-dealkylation sites (N-methyl/N-ethyl adjacent to an activating group) is 1. The third-order valence-electron chi connectivity index (χ3n) is 3.29. The molecule has 0 saturated heterocycles. The molecular formula is C17H19Cl2N. The van der Waals surface area contributed by atoms with Crippen LogP contribution in [0.3, 0.4) is 0 Å². The van der Waals surface area contributed by atoms with E-state index in [0.717, 1.165) is 24.1 Å². The van der Waals surface area contributed by atoms with Gasteiger partial charge in [0.25, 0.3) is 0 Å². The summed E-state index contributed by atoms with van der Waals surface area (Å²) in [5.74, 6) is 0. The van der Waals surface area contributed by atoms with Crippen molar-refractivity contribution < 1.29 is 0 Å². The Kier molecular flexibility index (Phi) is 5.47. The molecule has 0 aliphatic rings. The third-order valence-corrected chi connectivity index (χ3v) is 3.84. The predicted molar refractivity (Wildman–Crippen MR) is 88.7 cm³/mol. The molecule has 0 radical (unpaired) electrons. The van der Waals surface area contributed by atoms with Crippen LogP contribution >= 0.6 is 23.2 Å². The van der Waals surface area contributed by atoms with Gasteiger partial charge in [-0.25, -0.2) is 0 Å². The van der Waals surface area contributed by atoms with Crippen LogP contribution in [0.1, 0.15) is 19.4 Å². The second-order valence-electron chi connectivity index (χ2n) is 4.98. The topological polar surface area (TPSA) is 12.0 Å². The molecule has 0 bridgehead atoms. The Hall–Kier alpha value is -1.02. The van der Waals surface area contributed by atoms with Gasteiger partial charge in [-0.3, -0.25) is 0 Å². The summed E-state index contributed by atoms with van der Waals surface area (Å²) in [6.45, 7) is 5.33. The van der Waals surface area contributed by atoms with Crippen molar-refractivity contribution in [1.29, 1.82) is 0 Å². The molecule has 0 heterocycles. The Labute approximate surface area is 130 Å². The molecule has 2 aromatic rings. The van der Waals surface area contributed by atoms with Crippen LogP contribution in [0, 0.1) is 0 Å². The first-order valence-corrected chi connectivity index (χ1v) is 7.63. The molecule has 0 aromatic heterocycles. The van der Waals surface area contributed by atoms with Gasteiger partial charge >= 0.3 is 0 Å². The van der Waals surface area contributed by atoms with Gasteiger partial charge in [-0.05, 0) is 43.1 Å². The summed E-state index contributed by atoms with van der Waals surface area (Å²) in [6.07, 6.45) is 1.03. The lowest BCUT2D eigenvalue weighted by molar-refractivity contribution is 0.565. The number of hydrogen-bond acceptors (Lipinski definition) is 1. The van der Waals surface area contributed by atoms with E-state index in [2.05, 4.69) is 43.4 Å². The van der Waals surface area contributed by atoms with Crippen molar-refractivity contribution in [2.45, 2.75) is 26.3 Å². The molecule has 0 aliphatic carbocycles. The van der Waals surface area contributed by atoms with E-state index in [9.17, 15) is 0 Å². The fourth-order valence-electron chi connectivity index (χ4n) is 2.32. The highest BCUT2D eigenvalue weighted by atomic mass is 35.5. The molecular weight excluding hydrogens is 289 g/mol. The van der Waals surface area contributed by atoms with Crippen LogP contribution in [0.2, 0.25) is 10.0 Å². The lowest BCUT2D eigenvalue weighted by Crippen LogP contribution is -2.27. The van der Waals surface area contributed by atoms with Crippen molar-refractivity contribution in [2.24, 2.45) is 0 Å². The molecule has 1 N–H and O–H groups in total. The summed E-state index contributed by atoms with van der Waals surface area (Å²) in [4.78, 5) is 0. The Morgan fingerprint density at radius 3 is 2.35 bits per heavy atom. The lowest BCUT2D eigenvalue weighted by atomic mass is 10.0. The zero-order valence-corrected chi connectivity index (χ0v) is 13.3. The molecule has 1 nitrogen and oxygen atoms in total. The normalized spacial score (nSPS) is 12.4. The van der Waals surface area contributed by atoms with Crippen molar-refractivity contribution in [2.75, 3.05) is 6.54 Å². The van der Waals surface area contributed by atoms with Crippen molar-refractivity contribution in [3.8, 4) is 11.1 Å². The Balaban J connectivity index is 2.15. The van der Waals surface area contributed by atoms with E-state index in [1.54, 1.807) is 6.07 Å². The fourth-order valence-corrected chi connectivity index (χ4v) is 2.84. The number of benzene rings is 2. The van der Waals surface area contributed by atoms with Crippen LogP contribution in [0.15, 0.2) is 42.5 Å². The quantitative estimate of drug-likeness (QED) is 0.800. The summed E-state index contributed by atoms with van der Waals surface area (Å²) in [5.41, 5.74) is 3.46. The van der Waals surface area contributed by atoms with Gasteiger partial charge in [0.15, 0.2) is 0 Å². The van der Waals surface area contributed by atoms with E-state index in [1.807, 2.05) is 12.1 Å². The van der Waals surface area contributed by atoms with Crippen LogP contribution in [0.25, 0.3) is 11.1 Å². The summed E-state index contributed by atoms with van der Waals surface area (Å²) >= 11 is 12.2. The zero-order chi connectivity index (χ0) is 14.5. The van der Waals surface area contributed by atoms with Crippen LogP contribution in [-0.4, -0.2) is 12.6 Å². The van der Waals surface area contributed by atoms with Crippen molar-refractivity contribution >= 4 is 23.2 Å². The highest BCUT2D eigenvalue weighted by Crippen LogP contribution is 2.30. The van der Waals surface area contributed by atoms with Crippen molar-refractivity contribution in [3.05, 3.63) is 58.1 Å². The van der Waals surface area contributed by atoms with E-state index >= 15 is 0 Å². The highest BCUT2D eigenvalue weighted by Gasteiger charge is 2.06. The van der Waals surface area contributed by atoms with E-state index in [1.165, 1.54) is 5.56 Å². The largest absolute Gasteiger partial charge is 0.314 e. The SMILES string of the molecule is CCNC(C)Cc1ccc(-c2ccc(Cl)cc2Cl)cc1. The van der Waals surface area contributed by atoms with E-state index in [0.29, 0.717) is 16.1 Å². The minimum absolute atomic E-state index is 0.491. The standard InChI is InChI=1S/C17H19Cl2N/c1-3-20-12(2)10-13-4-6-14(7-5-13)16-9-8-15(18)11-17(16)19/h4-9,11-12,20H,3,10H2,1-2H3. The van der Waals surface area contributed by atoms with Gasteiger partial charge in [-0.1, -0.05) is 60.5 Å². The van der Waals surface area contributed by atoms with Gasteiger partial charge in [0, 0.05) is 21.7 Å². The average molecular weight is 308 g/mol. The van der Waals surface area contributed by atoms with Crippen molar-refractivity contribution in [1.82, 2.24) is 5.32 Å². The van der Waals surface area contributed by atoms with Crippen LogP contribution in [0.5, 0.6) is 0 Å². The molecule has 3 heteroatoms. The minimum Gasteiger partial charge on any atom is -0.314 e. The summed E-state index contributed by atoms with van der Waals surface area (Å²) in [5, 5.41) is 4.77. The third kappa shape index (κ3) is 3.99. The molecule has 0 amide bonds. The molecule has 0 fully saturated rings. The Morgan fingerprint density at radius 2 is 1.75 bits per heavy atom. The van der Waals surface area contributed by atoms with Crippen LogP contribution in [-0.2, 0) is 6.42 Å². The molecule has 2 aromatic carbocycles. The Bertz CT molecular complexity index is 564. The van der Waals surface area contributed by atoms with E-state index in [4.69, 9.17) is 23.2 Å². The minimum atomic E-state index is 0.491. The highest BCUT2D eigenvalue weighted by molar-refractivity contribution is 6.36. The fraction of sp³-hybridized carbons (Fsp3) is 0.294. The first-order valence-electron chi connectivity index (χ1n) is 6.88. The van der Waals surface area contributed by atoms with Crippen molar-refractivity contribution in [3.63, 3.8) is 0 Å². The number of hydrogen-bond donors (Lipinski definition) is 1. The monoisotopic (exact) mass is 307 g/mol. The smallest absolute Gasteiger partial charge is 0.0499 e. The second kappa shape index (κ2) is 7.12. The molecule has 106 valence electrons. The zero-order valence-electron chi connectivity index (χ0n) is 11.8. The summed E-state index contributed by atoms with van der Waals surface area (Å²) in [6, 6.07) is 14.6. The second-order valence-corrected chi connectivity index (χ2v) is 5.83. The summed E-state index contributed by atoms with van der Waals surface area (Å²) < 4.78 is 0. The molecule has 20 heavy (non-hydrogen) atoms. The molecule has 1 unspecified atom stereocenters. The van der Waals surface area contributed by atoms with Gasteiger partial charge in [-0.2, -0.15) is 0 Å².